The molecule has 202 valence electrons. The van der Waals surface area contributed by atoms with Gasteiger partial charge in [0.2, 0.25) is 5.43 Å². The zero-order valence-electron chi connectivity index (χ0n) is 21.1. The summed E-state index contributed by atoms with van der Waals surface area (Å²) in [6.45, 7) is 2.92. The van der Waals surface area contributed by atoms with E-state index in [1.807, 2.05) is 42.2 Å². The van der Waals surface area contributed by atoms with Gasteiger partial charge in [-0.15, -0.1) is 12.4 Å². The predicted molar refractivity (Wildman–Crippen MR) is 145 cm³/mol. The van der Waals surface area contributed by atoms with Gasteiger partial charge in [0, 0.05) is 49.1 Å². The third-order valence-corrected chi connectivity index (χ3v) is 7.50. The monoisotopic (exact) mass is 543 g/mol. The fourth-order valence-corrected chi connectivity index (χ4v) is 5.53. The lowest BCUT2D eigenvalue weighted by Crippen LogP contribution is -2.42. The summed E-state index contributed by atoms with van der Waals surface area (Å²) < 4.78 is 23.0. The van der Waals surface area contributed by atoms with E-state index >= 15 is 4.39 Å². The van der Waals surface area contributed by atoms with Crippen LogP contribution in [0.25, 0.3) is 10.9 Å². The lowest BCUT2D eigenvalue weighted by Gasteiger charge is -2.37. The zero-order valence-corrected chi connectivity index (χ0v) is 21.9. The molecule has 0 spiro atoms. The number of nitrogens with two attached hydrogens (primary N) is 1. The van der Waals surface area contributed by atoms with Gasteiger partial charge in [-0.05, 0) is 37.8 Å². The fourth-order valence-electron chi connectivity index (χ4n) is 5.53. The first-order valence-corrected chi connectivity index (χ1v) is 12.6. The summed E-state index contributed by atoms with van der Waals surface area (Å²) in [6, 6.07) is 9.93. The number of carbonyl (C=O) groups is 2. The molecule has 2 atom stereocenters. The second kappa shape index (κ2) is 11.1. The summed E-state index contributed by atoms with van der Waals surface area (Å²) in [4.78, 5) is 39.0. The molecule has 0 aliphatic carbocycles. The molecule has 2 aliphatic heterocycles. The molecule has 1 aromatic heterocycles. The van der Waals surface area contributed by atoms with E-state index in [-0.39, 0.29) is 35.5 Å². The average molecular weight is 544 g/mol. The Kier molecular flexibility index (Phi) is 8.08. The highest BCUT2D eigenvalue weighted by Gasteiger charge is 2.31. The third-order valence-electron chi connectivity index (χ3n) is 7.50. The van der Waals surface area contributed by atoms with Gasteiger partial charge in [0.05, 0.1) is 11.2 Å². The number of hydrogen-bond acceptors (Lipinski definition) is 6. The van der Waals surface area contributed by atoms with Gasteiger partial charge in [0.15, 0.2) is 0 Å². The number of rotatable bonds is 6. The summed E-state index contributed by atoms with van der Waals surface area (Å²) in [5, 5.41) is 9.58. The lowest BCUT2D eigenvalue weighted by atomic mass is 9.93. The zero-order chi connectivity index (χ0) is 26.3. The van der Waals surface area contributed by atoms with Crippen molar-refractivity contribution in [3.05, 3.63) is 75.3 Å². The van der Waals surface area contributed by atoms with E-state index in [0.717, 1.165) is 11.1 Å². The van der Waals surface area contributed by atoms with Gasteiger partial charge in [-0.25, -0.2) is 9.18 Å². The second-order valence-corrected chi connectivity index (χ2v) is 9.97. The summed E-state index contributed by atoms with van der Waals surface area (Å²) in [7, 11) is 0. The highest BCUT2D eigenvalue weighted by molar-refractivity contribution is 5.95. The molecule has 2 aromatic carbocycles. The normalized spacial score (nSPS) is 18.1. The Balaban J connectivity index is 0.00000336. The summed E-state index contributed by atoms with van der Waals surface area (Å²) in [6.07, 6.45) is 3.82. The van der Waals surface area contributed by atoms with Gasteiger partial charge in [-0.1, -0.05) is 30.3 Å². The maximum atomic E-state index is 15.5. The van der Waals surface area contributed by atoms with Crippen LogP contribution in [0.5, 0.6) is 0 Å². The number of pyridine rings is 1. The number of benzene rings is 2. The highest BCUT2D eigenvalue weighted by Crippen LogP contribution is 2.39. The molecule has 3 N–H and O–H groups in total. The van der Waals surface area contributed by atoms with Crippen LogP contribution in [-0.2, 0) is 22.4 Å². The molecule has 8 nitrogen and oxygen atoms in total. The summed E-state index contributed by atoms with van der Waals surface area (Å²) in [5.74, 6) is -2.30. The first kappa shape index (κ1) is 27.6. The van der Waals surface area contributed by atoms with Crippen molar-refractivity contribution in [1.82, 2.24) is 4.57 Å². The lowest BCUT2D eigenvalue weighted by molar-refractivity contribution is -0.151. The van der Waals surface area contributed by atoms with Crippen molar-refractivity contribution >= 4 is 40.9 Å². The van der Waals surface area contributed by atoms with E-state index in [2.05, 4.69) is 0 Å². The van der Waals surface area contributed by atoms with Crippen molar-refractivity contribution in [2.24, 2.45) is 5.73 Å². The van der Waals surface area contributed by atoms with E-state index < -0.39 is 29.2 Å². The standard InChI is InChI=1S/C28H30FN3O5.ClH/c1-16-7-8-19-24-20(26(33)21(27(34)35)15-32(16)24)14-22(29)25(19)31-11-9-18(10-12-31)37-28(36)23(30)13-17-5-3-2-4-6-17;/h2-6,14-16,18,23H,7-13,30H2,1H3,(H,34,35);1H/t16-,23-;/m0./s1. The number of carbonyl (C=O) groups excluding carboxylic acids is 1. The first-order chi connectivity index (χ1) is 17.7. The van der Waals surface area contributed by atoms with E-state index in [4.69, 9.17) is 10.5 Å². The highest BCUT2D eigenvalue weighted by atomic mass is 35.5. The van der Waals surface area contributed by atoms with E-state index in [1.54, 1.807) is 4.57 Å². The number of ether oxygens (including phenoxy) is 1. The van der Waals surface area contributed by atoms with Crippen LogP contribution >= 0.6 is 12.4 Å². The molecule has 1 fully saturated rings. The van der Waals surface area contributed by atoms with Gasteiger partial charge < -0.3 is 25.0 Å². The van der Waals surface area contributed by atoms with Crippen molar-refractivity contribution < 1.29 is 23.8 Å². The molecule has 0 amide bonds. The van der Waals surface area contributed by atoms with Crippen LogP contribution in [0.1, 0.15) is 53.7 Å². The van der Waals surface area contributed by atoms with Crippen molar-refractivity contribution in [2.45, 2.75) is 57.2 Å². The van der Waals surface area contributed by atoms with Crippen molar-refractivity contribution in [3.63, 3.8) is 0 Å². The SMILES string of the molecule is C[C@H]1CCc2c(N3CCC(OC(=O)[C@@H](N)Cc4ccccc4)CC3)c(F)cc3c(=O)c(C(=O)O)cn1c23.Cl. The quantitative estimate of drug-likeness (QED) is 0.454. The Hall–Kier alpha value is -3.43. The van der Waals surface area contributed by atoms with Crippen LogP contribution in [0.4, 0.5) is 10.1 Å². The summed E-state index contributed by atoms with van der Waals surface area (Å²) >= 11 is 0. The molecule has 2 aliphatic rings. The molecule has 1 saturated heterocycles. The molecule has 3 aromatic rings. The fraction of sp³-hybridized carbons (Fsp3) is 0.393. The average Bonchev–Trinajstić information content (AvgIpc) is 2.88. The van der Waals surface area contributed by atoms with Gasteiger partial charge in [-0.3, -0.25) is 9.59 Å². The Bertz CT molecular complexity index is 1420. The number of halogens is 2. The van der Waals surface area contributed by atoms with Crippen molar-refractivity contribution in [2.75, 3.05) is 18.0 Å². The molecule has 3 heterocycles. The maximum absolute atomic E-state index is 15.5. The number of esters is 1. The van der Waals surface area contributed by atoms with Crippen LogP contribution < -0.4 is 16.1 Å². The van der Waals surface area contributed by atoms with Gasteiger partial charge in [0.1, 0.15) is 23.5 Å². The van der Waals surface area contributed by atoms with Crippen LogP contribution in [0, 0.1) is 5.82 Å². The largest absolute Gasteiger partial charge is 0.477 e. The Labute approximate surface area is 225 Å². The van der Waals surface area contributed by atoms with E-state index in [9.17, 15) is 19.5 Å². The maximum Gasteiger partial charge on any atom is 0.341 e. The van der Waals surface area contributed by atoms with Gasteiger partial charge in [-0.2, -0.15) is 0 Å². The number of aromatic carboxylic acids is 1. The molecular weight excluding hydrogens is 513 g/mol. The van der Waals surface area contributed by atoms with Crippen LogP contribution in [0.2, 0.25) is 0 Å². The van der Waals surface area contributed by atoms with Crippen LogP contribution in [-0.4, -0.2) is 46.8 Å². The van der Waals surface area contributed by atoms with Crippen LogP contribution in [0.15, 0.2) is 47.4 Å². The second-order valence-electron chi connectivity index (χ2n) is 9.97. The van der Waals surface area contributed by atoms with Crippen molar-refractivity contribution in [3.8, 4) is 0 Å². The first-order valence-electron chi connectivity index (χ1n) is 12.6. The molecule has 10 heteroatoms. The minimum atomic E-state index is -1.32. The molecule has 38 heavy (non-hydrogen) atoms. The Morgan fingerprint density at radius 1 is 1.18 bits per heavy atom. The molecule has 0 unspecified atom stereocenters. The number of anilines is 1. The molecule has 0 bridgehead atoms. The molecule has 0 saturated carbocycles. The smallest absolute Gasteiger partial charge is 0.341 e. The number of piperidine rings is 1. The topological polar surface area (TPSA) is 115 Å². The Morgan fingerprint density at radius 2 is 1.87 bits per heavy atom. The molecule has 0 radical (unpaired) electrons. The number of carboxylic acid groups (broad SMARTS) is 1. The third kappa shape index (κ3) is 5.13. The number of aromatic nitrogens is 1. The number of carboxylic acids is 1. The van der Waals surface area contributed by atoms with E-state index in [0.29, 0.717) is 56.4 Å². The minimum absolute atomic E-state index is 0. The predicted octanol–water partition coefficient (Wildman–Crippen LogP) is 3.85. The molecular formula is C28H31ClFN3O5. The van der Waals surface area contributed by atoms with Gasteiger partial charge in [0.25, 0.3) is 0 Å². The number of nitrogens with zero attached hydrogens (tertiary/aromatic N) is 2. The van der Waals surface area contributed by atoms with Gasteiger partial charge >= 0.3 is 11.9 Å². The number of hydrogen-bond donors (Lipinski definition) is 2. The minimum Gasteiger partial charge on any atom is -0.477 e. The molecule has 5 rings (SSSR count). The Morgan fingerprint density at radius 3 is 2.53 bits per heavy atom. The number of aryl methyl sites for hydroxylation is 1. The van der Waals surface area contributed by atoms with E-state index in [1.165, 1.54) is 12.3 Å². The summed E-state index contributed by atoms with van der Waals surface area (Å²) in [5.41, 5.74) is 7.78. The van der Waals surface area contributed by atoms with Crippen molar-refractivity contribution in [1.29, 1.82) is 0 Å². The van der Waals surface area contributed by atoms with Crippen LogP contribution in [0.3, 0.4) is 0 Å².